The molecule has 0 saturated carbocycles. The molecule has 0 saturated heterocycles. The van der Waals surface area contributed by atoms with E-state index in [2.05, 4.69) is 44.2 Å². The van der Waals surface area contributed by atoms with E-state index >= 15 is 0 Å². The number of hydrogen-bond donors (Lipinski definition) is 1. The summed E-state index contributed by atoms with van der Waals surface area (Å²) in [5, 5.41) is 12.7. The highest BCUT2D eigenvalue weighted by Crippen LogP contribution is 2.26. The number of aromatic nitrogens is 6. The third-order valence-electron chi connectivity index (χ3n) is 5.45. The van der Waals surface area contributed by atoms with Crippen molar-refractivity contribution in [1.29, 1.82) is 0 Å². The van der Waals surface area contributed by atoms with Gasteiger partial charge in [-0.05, 0) is 56.9 Å². The number of nitrogens with zero attached hydrogens (tertiary/aromatic N) is 6. The average molecular weight is 373 g/mol. The average Bonchev–Trinajstić information content (AvgIpc) is 3.31. The molecule has 1 atom stereocenters. The lowest BCUT2D eigenvalue weighted by molar-refractivity contribution is 0.552. The maximum absolute atomic E-state index is 4.78. The van der Waals surface area contributed by atoms with Crippen molar-refractivity contribution in [2.24, 2.45) is 0 Å². The van der Waals surface area contributed by atoms with Gasteiger partial charge in [0.25, 0.3) is 0 Å². The van der Waals surface area contributed by atoms with Crippen LogP contribution in [0, 0.1) is 6.92 Å². The van der Waals surface area contributed by atoms with E-state index in [1.54, 1.807) is 0 Å². The minimum absolute atomic E-state index is 0.323. The topological polar surface area (TPSA) is 72.9 Å². The Morgan fingerprint density at radius 2 is 2.14 bits per heavy atom. The summed E-state index contributed by atoms with van der Waals surface area (Å²) < 4.78 is 3.94. The summed E-state index contributed by atoms with van der Waals surface area (Å²) in [5.74, 6) is 0.670. The molecule has 0 spiro atoms. The molecule has 5 rings (SSSR count). The predicted octanol–water partition coefficient (Wildman–Crippen LogP) is 3.29. The van der Waals surface area contributed by atoms with E-state index in [9.17, 15) is 0 Å². The zero-order valence-electron chi connectivity index (χ0n) is 16.1. The van der Waals surface area contributed by atoms with Gasteiger partial charge in [0.15, 0.2) is 5.65 Å². The van der Waals surface area contributed by atoms with Crippen LogP contribution in [0.5, 0.6) is 0 Å². The van der Waals surface area contributed by atoms with E-state index < -0.39 is 0 Å². The van der Waals surface area contributed by atoms with Gasteiger partial charge in [-0.3, -0.25) is 9.67 Å². The van der Waals surface area contributed by atoms with Crippen LogP contribution in [-0.2, 0) is 19.4 Å². The lowest BCUT2D eigenvalue weighted by atomic mass is 9.93. The smallest absolute Gasteiger partial charge is 0.243 e. The van der Waals surface area contributed by atoms with Crippen molar-refractivity contribution in [3.05, 3.63) is 59.8 Å². The molecular formula is C21H23N7. The minimum Gasteiger partial charge on any atom is -0.350 e. The first kappa shape index (κ1) is 16.9. The number of pyridine rings is 2. The highest BCUT2D eigenvalue weighted by Gasteiger charge is 2.23. The molecule has 7 heteroatoms. The molecule has 0 aromatic carbocycles. The van der Waals surface area contributed by atoms with Crippen molar-refractivity contribution in [1.82, 2.24) is 29.4 Å². The molecule has 28 heavy (non-hydrogen) atoms. The van der Waals surface area contributed by atoms with E-state index in [4.69, 9.17) is 4.98 Å². The fourth-order valence-corrected chi connectivity index (χ4v) is 3.99. The van der Waals surface area contributed by atoms with Gasteiger partial charge < -0.3 is 5.32 Å². The molecule has 1 aliphatic rings. The molecule has 1 aliphatic carbocycles. The quantitative estimate of drug-likeness (QED) is 0.594. The van der Waals surface area contributed by atoms with Gasteiger partial charge in [-0.2, -0.15) is 10.1 Å². The first-order chi connectivity index (χ1) is 13.7. The molecular weight excluding hydrogens is 350 g/mol. The van der Waals surface area contributed by atoms with Gasteiger partial charge in [-0.25, -0.2) is 4.52 Å². The molecule has 142 valence electrons. The van der Waals surface area contributed by atoms with Crippen LogP contribution in [0.2, 0.25) is 0 Å². The minimum atomic E-state index is 0.323. The summed E-state index contributed by atoms with van der Waals surface area (Å²) in [6.45, 7) is 5.06. The second-order valence-corrected chi connectivity index (χ2v) is 7.33. The van der Waals surface area contributed by atoms with E-state index in [1.165, 1.54) is 11.3 Å². The molecule has 0 fully saturated rings. The summed E-state index contributed by atoms with van der Waals surface area (Å²) in [6.07, 6.45) is 8.88. The van der Waals surface area contributed by atoms with E-state index in [0.29, 0.717) is 12.0 Å². The lowest BCUT2D eigenvalue weighted by Gasteiger charge is -2.23. The first-order valence-corrected chi connectivity index (χ1v) is 9.80. The van der Waals surface area contributed by atoms with Crippen molar-refractivity contribution < 1.29 is 0 Å². The third-order valence-corrected chi connectivity index (χ3v) is 5.45. The van der Waals surface area contributed by atoms with Gasteiger partial charge in [-0.1, -0.05) is 6.07 Å². The molecule has 1 N–H and O–H groups in total. The Bertz CT molecular complexity index is 1120. The predicted molar refractivity (Wildman–Crippen MR) is 108 cm³/mol. The molecule has 0 aliphatic heterocycles. The van der Waals surface area contributed by atoms with Gasteiger partial charge in [0, 0.05) is 47.5 Å². The van der Waals surface area contributed by atoms with Crippen LogP contribution in [0.4, 0.5) is 5.95 Å². The zero-order chi connectivity index (χ0) is 19.1. The summed E-state index contributed by atoms with van der Waals surface area (Å²) in [4.78, 5) is 9.19. The molecule has 0 amide bonds. The van der Waals surface area contributed by atoms with Gasteiger partial charge in [0.1, 0.15) is 0 Å². The Hall–Kier alpha value is -3.22. The van der Waals surface area contributed by atoms with Crippen LogP contribution >= 0.6 is 0 Å². The fourth-order valence-electron chi connectivity index (χ4n) is 3.99. The van der Waals surface area contributed by atoms with E-state index in [1.807, 2.05) is 42.2 Å². The molecule has 4 heterocycles. The van der Waals surface area contributed by atoms with Gasteiger partial charge in [0.2, 0.25) is 5.95 Å². The monoisotopic (exact) mass is 373 g/mol. The Balaban J connectivity index is 1.41. The summed E-state index contributed by atoms with van der Waals surface area (Å²) in [5.41, 5.74) is 6.63. The number of nitrogens with one attached hydrogen (secondary N) is 1. The van der Waals surface area contributed by atoms with Gasteiger partial charge in [0.05, 0.1) is 6.20 Å². The number of anilines is 1. The van der Waals surface area contributed by atoms with Crippen LogP contribution in [0.15, 0.2) is 42.9 Å². The maximum atomic E-state index is 4.78. The standard InChI is InChI=1S/C21H23N7/c1-3-27-19-9-8-17(11-16(19)13-23-27)24-21-25-20-18(5-4-10-28(20)26-21)15-7-6-14(2)22-12-15/h4-7,10,12-13,17H,3,8-9,11H2,1-2H3,(H,24,26). The second kappa shape index (κ2) is 6.74. The van der Waals surface area contributed by atoms with Crippen LogP contribution in [0.1, 0.15) is 30.3 Å². The Labute approximate surface area is 163 Å². The van der Waals surface area contributed by atoms with E-state index in [0.717, 1.165) is 48.3 Å². The van der Waals surface area contributed by atoms with Gasteiger partial charge >= 0.3 is 0 Å². The SMILES string of the molecule is CCn1ncc2c1CCC(Nc1nc3c(-c4ccc(C)nc4)cccn3n1)C2. The molecule has 1 unspecified atom stereocenters. The molecule has 0 bridgehead atoms. The second-order valence-electron chi connectivity index (χ2n) is 7.33. The summed E-state index contributed by atoms with van der Waals surface area (Å²) in [6, 6.07) is 8.47. The maximum Gasteiger partial charge on any atom is 0.243 e. The van der Waals surface area contributed by atoms with Crippen LogP contribution in [0.3, 0.4) is 0 Å². The Morgan fingerprint density at radius 3 is 2.96 bits per heavy atom. The van der Waals surface area contributed by atoms with Crippen molar-refractivity contribution in [3.8, 4) is 11.1 Å². The van der Waals surface area contributed by atoms with Crippen molar-refractivity contribution >= 4 is 11.6 Å². The molecule has 4 aromatic rings. The Kier molecular flexibility index (Phi) is 4.07. The highest BCUT2D eigenvalue weighted by molar-refractivity contribution is 5.77. The first-order valence-electron chi connectivity index (χ1n) is 9.80. The molecule has 4 aromatic heterocycles. The normalized spacial score (nSPS) is 16.3. The van der Waals surface area contributed by atoms with Crippen LogP contribution < -0.4 is 5.32 Å². The lowest BCUT2D eigenvalue weighted by Crippen LogP contribution is -2.28. The van der Waals surface area contributed by atoms with Crippen LogP contribution in [-0.4, -0.2) is 35.4 Å². The van der Waals surface area contributed by atoms with Crippen LogP contribution in [0.25, 0.3) is 16.8 Å². The largest absolute Gasteiger partial charge is 0.350 e. The number of fused-ring (bicyclic) bond motifs is 2. The number of aryl methyl sites for hydroxylation is 2. The summed E-state index contributed by atoms with van der Waals surface area (Å²) in [7, 11) is 0. The fraction of sp³-hybridized carbons (Fsp3) is 0.333. The van der Waals surface area contributed by atoms with E-state index in [-0.39, 0.29) is 0 Å². The van der Waals surface area contributed by atoms with Crippen molar-refractivity contribution in [2.75, 3.05) is 5.32 Å². The number of rotatable bonds is 4. The highest BCUT2D eigenvalue weighted by atomic mass is 15.3. The Morgan fingerprint density at radius 1 is 1.21 bits per heavy atom. The summed E-state index contributed by atoms with van der Waals surface area (Å²) >= 11 is 0. The molecule has 7 nitrogen and oxygen atoms in total. The van der Waals surface area contributed by atoms with Gasteiger partial charge in [-0.15, -0.1) is 5.10 Å². The van der Waals surface area contributed by atoms with Crippen molar-refractivity contribution in [3.63, 3.8) is 0 Å². The number of hydrogen-bond acceptors (Lipinski definition) is 5. The van der Waals surface area contributed by atoms with Crippen molar-refractivity contribution in [2.45, 2.75) is 45.7 Å². The molecule has 0 radical (unpaired) electrons. The zero-order valence-corrected chi connectivity index (χ0v) is 16.1. The third kappa shape index (κ3) is 2.93.